The van der Waals surface area contributed by atoms with E-state index < -0.39 is 0 Å². The van der Waals surface area contributed by atoms with Gasteiger partial charge in [-0.3, -0.25) is 4.99 Å². The predicted octanol–water partition coefficient (Wildman–Crippen LogP) is 3.53. The molecule has 1 aromatic rings. The van der Waals surface area contributed by atoms with Crippen molar-refractivity contribution in [1.29, 1.82) is 0 Å². The molecule has 0 saturated heterocycles. The number of nitrogens with zero attached hydrogens (tertiary/aromatic N) is 1. The van der Waals surface area contributed by atoms with Crippen LogP contribution in [0.2, 0.25) is 0 Å². The summed E-state index contributed by atoms with van der Waals surface area (Å²) in [5.41, 5.74) is 1.24. The number of rotatable bonds is 6. The Labute approximate surface area is 97.0 Å². The maximum Gasteiger partial charge on any atom is 0.119 e. The highest BCUT2D eigenvalue weighted by Gasteiger charge is 1.90. The van der Waals surface area contributed by atoms with Gasteiger partial charge >= 0.3 is 0 Å². The van der Waals surface area contributed by atoms with Crippen molar-refractivity contribution in [3.05, 3.63) is 54.8 Å². The molecule has 1 rings (SSSR count). The SMILES string of the molecule is C=CC=N/C=C\CCOc1ccc(C)cc1. The molecule has 0 amide bonds. The summed E-state index contributed by atoms with van der Waals surface area (Å²) in [5, 5.41) is 0. The summed E-state index contributed by atoms with van der Waals surface area (Å²) in [6, 6.07) is 8.04. The quantitative estimate of drug-likeness (QED) is 0.525. The molecule has 0 aliphatic rings. The average molecular weight is 215 g/mol. The summed E-state index contributed by atoms with van der Waals surface area (Å²) in [6.45, 7) is 6.26. The fraction of sp³-hybridized carbons (Fsp3) is 0.214. The van der Waals surface area contributed by atoms with Crippen LogP contribution in [-0.2, 0) is 0 Å². The van der Waals surface area contributed by atoms with E-state index in [0.29, 0.717) is 6.61 Å². The largest absolute Gasteiger partial charge is 0.493 e. The van der Waals surface area contributed by atoms with Crippen molar-refractivity contribution in [2.24, 2.45) is 4.99 Å². The Balaban J connectivity index is 2.20. The van der Waals surface area contributed by atoms with Gasteiger partial charge in [-0.05, 0) is 19.1 Å². The lowest BCUT2D eigenvalue weighted by Gasteiger charge is -2.03. The van der Waals surface area contributed by atoms with Crippen molar-refractivity contribution in [2.45, 2.75) is 13.3 Å². The summed E-state index contributed by atoms with van der Waals surface area (Å²) >= 11 is 0. The van der Waals surface area contributed by atoms with Crippen LogP contribution < -0.4 is 4.74 Å². The van der Waals surface area contributed by atoms with E-state index in [1.54, 1.807) is 18.5 Å². The minimum absolute atomic E-state index is 0.670. The lowest BCUT2D eigenvalue weighted by Crippen LogP contribution is -1.95. The third kappa shape index (κ3) is 5.15. The number of allylic oxidation sites excluding steroid dienone is 1. The average Bonchev–Trinajstić information content (AvgIpc) is 2.30. The van der Waals surface area contributed by atoms with Crippen LogP contribution in [0.5, 0.6) is 5.75 Å². The lowest BCUT2D eigenvalue weighted by molar-refractivity contribution is 0.325. The predicted molar refractivity (Wildman–Crippen MR) is 69.1 cm³/mol. The van der Waals surface area contributed by atoms with Gasteiger partial charge in [0.1, 0.15) is 5.75 Å². The lowest BCUT2D eigenvalue weighted by atomic mass is 10.2. The first-order valence-corrected chi connectivity index (χ1v) is 5.31. The van der Waals surface area contributed by atoms with Gasteiger partial charge in [0.25, 0.3) is 0 Å². The smallest absolute Gasteiger partial charge is 0.119 e. The third-order valence-corrected chi connectivity index (χ3v) is 1.96. The number of benzene rings is 1. The Morgan fingerprint density at radius 2 is 2.06 bits per heavy atom. The summed E-state index contributed by atoms with van der Waals surface area (Å²) in [4.78, 5) is 3.97. The second kappa shape index (κ2) is 7.46. The maximum atomic E-state index is 5.54. The molecule has 0 heterocycles. The van der Waals surface area contributed by atoms with Crippen molar-refractivity contribution in [1.82, 2.24) is 0 Å². The molecule has 1 aromatic carbocycles. The van der Waals surface area contributed by atoms with Gasteiger partial charge in [-0.1, -0.05) is 36.4 Å². The zero-order valence-electron chi connectivity index (χ0n) is 9.60. The third-order valence-electron chi connectivity index (χ3n) is 1.96. The first-order chi connectivity index (χ1) is 7.83. The van der Waals surface area contributed by atoms with E-state index in [0.717, 1.165) is 12.2 Å². The summed E-state index contributed by atoms with van der Waals surface area (Å²) in [5.74, 6) is 0.911. The van der Waals surface area contributed by atoms with Crippen molar-refractivity contribution < 1.29 is 4.74 Å². The van der Waals surface area contributed by atoms with Crippen LogP contribution in [0.3, 0.4) is 0 Å². The van der Waals surface area contributed by atoms with E-state index in [4.69, 9.17) is 4.74 Å². The van der Waals surface area contributed by atoms with Gasteiger partial charge in [0.05, 0.1) is 6.61 Å². The molecular formula is C14H17NO. The minimum atomic E-state index is 0.670. The van der Waals surface area contributed by atoms with Crippen LogP contribution in [-0.4, -0.2) is 12.8 Å². The van der Waals surface area contributed by atoms with E-state index in [2.05, 4.69) is 18.5 Å². The molecule has 84 valence electrons. The molecule has 0 bridgehead atoms. The van der Waals surface area contributed by atoms with Crippen LogP contribution >= 0.6 is 0 Å². The van der Waals surface area contributed by atoms with Gasteiger partial charge in [-0.25, -0.2) is 0 Å². The molecule has 0 aliphatic carbocycles. The molecule has 0 aromatic heterocycles. The molecule has 0 spiro atoms. The fourth-order valence-corrected chi connectivity index (χ4v) is 1.13. The van der Waals surface area contributed by atoms with Crippen LogP contribution in [0.15, 0.2) is 54.2 Å². The topological polar surface area (TPSA) is 21.6 Å². The van der Waals surface area contributed by atoms with Crippen molar-refractivity contribution >= 4 is 6.21 Å². The highest BCUT2D eigenvalue weighted by molar-refractivity contribution is 5.70. The first-order valence-electron chi connectivity index (χ1n) is 5.31. The van der Waals surface area contributed by atoms with Gasteiger partial charge in [-0.2, -0.15) is 0 Å². The highest BCUT2D eigenvalue weighted by atomic mass is 16.5. The molecule has 0 atom stereocenters. The zero-order valence-corrected chi connectivity index (χ0v) is 9.60. The Kier molecular flexibility index (Phi) is 5.71. The molecule has 0 fully saturated rings. The Morgan fingerprint density at radius 3 is 2.75 bits per heavy atom. The first kappa shape index (κ1) is 12.2. The Morgan fingerprint density at radius 1 is 1.31 bits per heavy atom. The molecule has 0 aliphatic heterocycles. The monoisotopic (exact) mass is 215 g/mol. The van der Waals surface area contributed by atoms with Crippen LogP contribution in [0.4, 0.5) is 0 Å². The van der Waals surface area contributed by atoms with Gasteiger partial charge in [0.15, 0.2) is 0 Å². The van der Waals surface area contributed by atoms with Crippen molar-refractivity contribution in [2.75, 3.05) is 6.61 Å². The van der Waals surface area contributed by atoms with E-state index in [1.165, 1.54) is 5.56 Å². The van der Waals surface area contributed by atoms with Crippen LogP contribution in [0, 0.1) is 6.92 Å². The van der Waals surface area contributed by atoms with E-state index in [1.807, 2.05) is 30.3 Å². The van der Waals surface area contributed by atoms with E-state index in [-0.39, 0.29) is 0 Å². The van der Waals surface area contributed by atoms with Gasteiger partial charge in [0, 0.05) is 18.8 Å². The summed E-state index contributed by atoms with van der Waals surface area (Å²) in [7, 11) is 0. The van der Waals surface area contributed by atoms with E-state index in [9.17, 15) is 0 Å². The standard InChI is InChI=1S/C14H17NO/c1-3-10-15-11-4-5-12-16-14-8-6-13(2)7-9-14/h3-4,6-11H,1,5,12H2,2H3/b11-4-,15-10?. The summed E-state index contributed by atoms with van der Waals surface area (Å²) < 4.78 is 5.54. The molecule has 0 radical (unpaired) electrons. The summed E-state index contributed by atoms with van der Waals surface area (Å²) in [6.07, 6.45) is 7.86. The van der Waals surface area contributed by atoms with Gasteiger partial charge in [-0.15, -0.1) is 0 Å². The zero-order chi connectivity index (χ0) is 11.6. The molecule has 2 heteroatoms. The Bertz CT molecular complexity index is 363. The second-order valence-corrected chi connectivity index (χ2v) is 3.37. The number of ether oxygens (including phenoxy) is 1. The normalized spacial score (nSPS) is 11.1. The number of hydrogen-bond donors (Lipinski definition) is 0. The van der Waals surface area contributed by atoms with Gasteiger partial charge in [0.2, 0.25) is 0 Å². The van der Waals surface area contributed by atoms with E-state index >= 15 is 0 Å². The van der Waals surface area contributed by atoms with Crippen LogP contribution in [0.1, 0.15) is 12.0 Å². The number of aryl methyl sites for hydroxylation is 1. The Hall–Kier alpha value is -1.83. The molecule has 2 nitrogen and oxygen atoms in total. The molecule has 16 heavy (non-hydrogen) atoms. The highest BCUT2D eigenvalue weighted by Crippen LogP contribution is 2.11. The van der Waals surface area contributed by atoms with Crippen LogP contribution in [0.25, 0.3) is 0 Å². The molecule has 0 saturated carbocycles. The second-order valence-electron chi connectivity index (χ2n) is 3.37. The molecule has 0 unspecified atom stereocenters. The number of hydrogen-bond acceptors (Lipinski definition) is 2. The number of aliphatic imine (C=N–C) groups is 1. The molecule has 0 N–H and O–H groups in total. The maximum absolute atomic E-state index is 5.54. The van der Waals surface area contributed by atoms with Crippen molar-refractivity contribution in [3.63, 3.8) is 0 Å². The fourth-order valence-electron chi connectivity index (χ4n) is 1.13. The minimum Gasteiger partial charge on any atom is -0.493 e. The molecular weight excluding hydrogens is 198 g/mol. The van der Waals surface area contributed by atoms with Gasteiger partial charge < -0.3 is 4.74 Å². The van der Waals surface area contributed by atoms with Crippen molar-refractivity contribution in [3.8, 4) is 5.75 Å².